The summed E-state index contributed by atoms with van der Waals surface area (Å²) in [7, 11) is 0. The molecule has 0 spiro atoms. The number of hydrogen-bond acceptors (Lipinski definition) is 4. The third-order valence-corrected chi connectivity index (χ3v) is 3.81. The Hall–Kier alpha value is -3.45. The van der Waals surface area contributed by atoms with Gasteiger partial charge in [-0.05, 0) is 42.5 Å². The number of furan rings is 1. The van der Waals surface area contributed by atoms with Gasteiger partial charge in [0.25, 0.3) is 0 Å². The number of carbonyl (C=O) groups is 2. The summed E-state index contributed by atoms with van der Waals surface area (Å²) in [5.41, 5.74) is 0.601. The fourth-order valence-electron chi connectivity index (χ4n) is 2.25. The third kappa shape index (κ3) is 5.28. The summed E-state index contributed by atoms with van der Waals surface area (Å²) in [5, 5.41) is 5.34. The van der Waals surface area contributed by atoms with E-state index in [1.807, 2.05) is 0 Å². The van der Waals surface area contributed by atoms with Gasteiger partial charge in [0.2, 0.25) is 0 Å². The van der Waals surface area contributed by atoms with Crippen LogP contribution in [-0.2, 0) is 16.1 Å². The molecular weight excluding hydrogens is 385 g/mol. The lowest BCUT2D eigenvalue weighted by molar-refractivity contribution is -0.136. The second-order valence-corrected chi connectivity index (χ2v) is 6.10. The van der Waals surface area contributed by atoms with E-state index in [1.165, 1.54) is 24.4 Å². The lowest BCUT2D eigenvalue weighted by atomic mass is 10.3. The summed E-state index contributed by atoms with van der Waals surface area (Å²) < 4.78 is 19.0. The zero-order valence-electron chi connectivity index (χ0n) is 14.5. The Labute approximate surface area is 165 Å². The van der Waals surface area contributed by atoms with Crippen molar-refractivity contribution < 1.29 is 18.4 Å². The Bertz CT molecular complexity index is 1030. The average molecular weight is 400 g/mol. The van der Waals surface area contributed by atoms with E-state index in [9.17, 15) is 14.0 Å². The Morgan fingerprint density at radius 3 is 2.68 bits per heavy atom. The van der Waals surface area contributed by atoms with Crippen LogP contribution in [0.3, 0.4) is 0 Å². The minimum absolute atomic E-state index is 0.00926. The van der Waals surface area contributed by atoms with Crippen LogP contribution >= 0.6 is 11.6 Å². The first kappa shape index (κ1) is 19.3. The quantitative estimate of drug-likeness (QED) is 0.501. The summed E-state index contributed by atoms with van der Waals surface area (Å²) in [6, 6.07) is 15.8. The molecule has 3 aromatic rings. The number of halogens is 2. The van der Waals surface area contributed by atoms with E-state index in [2.05, 4.69) is 15.6 Å². The molecule has 3 rings (SSSR count). The first-order valence-electron chi connectivity index (χ1n) is 8.23. The highest BCUT2D eigenvalue weighted by Crippen LogP contribution is 2.17. The van der Waals surface area contributed by atoms with E-state index in [1.54, 1.807) is 42.5 Å². The second kappa shape index (κ2) is 8.96. The topological polar surface area (TPSA) is 83.7 Å². The lowest BCUT2D eigenvalue weighted by Crippen LogP contribution is -2.34. The largest absolute Gasteiger partial charge is 0.458 e. The molecule has 0 aliphatic rings. The van der Waals surface area contributed by atoms with Crippen molar-refractivity contribution in [3.05, 3.63) is 83.0 Å². The van der Waals surface area contributed by atoms with E-state index < -0.39 is 17.6 Å². The van der Waals surface area contributed by atoms with Gasteiger partial charge in [-0.25, -0.2) is 9.38 Å². The lowest BCUT2D eigenvalue weighted by Gasteiger charge is -2.05. The van der Waals surface area contributed by atoms with Crippen LogP contribution < -0.4 is 10.6 Å². The predicted molar refractivity (Wildman–Crippen MR) is 104 cm³/mol. The number of hydrogen-bond donors (Lipinski definition) is 2. The van der Waals surface area contributed by atoms with Gasteiger partial charge in [0.1, 0.15) is 17.3 Å². The van der Waals surface area contributed by atoms with Crippen molar-refractivity contribution in [3.8, 4) is 0 Å². The van der Waals surface area contributed by atoms with E-state index in [0.717, 1.165) is 0 Å². The van der Waals surface area contributed by atoms with Crippen molar-refractivity contribution in [1.29, 1.82) is 0 Å². The van der Waals surface area contributed by atoms with E-state index in [4.69, 9.17) is 16.0 Å². The SMILES string of the molecule is O=C(NCc1ccc(C=Nc2ccccc2F)o1)C(=O)Nc1cccc(Cl)c1. The highest BCUT2D eigenvalue weighted by molar-refractivity contribution is 6.39. The van der Waals surface area contributed by atoms with Crippen LogP contribution in [-0.4, -0.2) is 18.0 Å². The molecule has 0 unspecified atom stereocenters. The second-order valence-electron chi connectivity index (χ2n) is 5.66. The number of anilines is 1. The number of nitrogens with one attached hydrogen (secondary N) is 2. The van der Waals surface area contributed by atoms with Crippen molar-refractivity contribution in [3.63, 3.8) is 0 Å². The maximum atomic E-state index is 13.5. The molecule has 0 bridgehead atoms. The number of para-hydroxylation sites is 1. The molecule has 0 aliphatic heterocycles. The normalized spacial score (nSPS) is 10.8. The maximum absolute atomic E-state index is 13.5. The molecule has 0 radical (unpaired) electrons. The Kier molecular flexibility index (Phi) is 6.18. The molecule has 142 valence electrons. The molecule has 1 aromatic heterocycles. The van der Waals surface area contributed by atoms with Crippen molar-refractivity contribution in [1.82, 2.24) is 5.32 Å². The summed E-state index contributed by atoms with van der Waals surface area (Å²) in [6.45, 7) is 0.00926. The van der Waals surface area contributed by atoms with E-state index in [-0.39, 0.29) is 12.2 Å². The molecule has 2 N–H and O–H groups in total. The maximum Gasteiger partial charge on any atom is 0.313 e. The monoisotopic (exact) mass is 399 g/mol. The smallest absolute Gasteiger partial charge is 0.313 e. The summed E-state index contributed by atoms with van der Waals surface area (Å²) in [5.74, 6) is -1.29. The molecule has 2 aromatic carbocycles. The average Bonchev–Trinajstić information content (AvgIpc) is 3.13. The van der Waals surface area contributed by atoms with Crippen molar-refractivity contribution in [2.45, 2.75) is 6.54 Å². The molecule has 0 fully saturated rings. The first-order valence-corrected chi connectivity index (χ1v) is 8.61. The van der Waals surface area contributed by atoms with Gasteiger partial charge in [-0.3, -0.25) is 9.59 Å². The van der Waals surface area contributed by atoms with Gasteiger partial charge in [0.05, 0.1) is 18.4 Å². The minimum Gasteiger partial charge on any atom is -0.458 e. The van der Waals surface area contributed by atoms with Crippen LogP contribution in [0.15, 0.2) is 70.1 Å². The highest BCUT2D eigenvalue weighted by atomic mass is 35.5. The van der Waals surface area contributed by atoms with Gasteiger partial charge in [-0.15, -0.1) is 0 Å². The van der Waals surface area contributed by atoms with Crippen molar-refractivity contribution >= 4 is 41.0 Å². The van der Waals surface area contributed by atoms with Gasteiger partial charge in [0.15, 0.2) is 0 Å². The summed E-state index contributed by atoms with van der Waals surface area (Å²) in [4.78, 5) is 27.8. The highest BCUT2D eigenvalue weighted by Gasteiger charge is 2.14. The summed E-state index contributed by atoms with van der Waals surface area (Å²) in [6.07, 6.45) is 1.37. The van der Waals surface area contributed by atoms with Crippen molar-refractivity contribution in [2.24, 2.45) is 4.99 Å². The number of amides is 2. The zero-order chi connectivity index (χ0) is 19.9. The van der Waals surface area contributed by atoms with Crippen LogP contribution in [0.5, 0.6) is 0 Å². The Balaban J connectivity index is 1.53. The Morgan fingerprint density at radius 1 is 1.07 bits per heavy atom. The van der Waals surface area contributed by atoms with Crippen LogP contribution in [0.4, 0.5) is 15.8 Å². The van der Waals surface area contributed by atoms with Gasteiger partial charge in [-0.1, -0.05) is 29.8 Å². The number of benzene rings is 2. The van der Waals surface area contributed by atoms with Gasteiger partial charge < -0.3 is 15.1 Å². The molecule has 0 aliphatic carbocycles. The molecular formula is C20H15ClFN3O3. The number of nitrogens with zero attached hydrogens (tertiary/aromatic N) is 1. The van der Waals surface area contributed by atoms with Crippen LogP contribution in [0.25, 0.3) is 0 Å². The molecule has 8 heteroatoms. The molecule has 6 nitrogen and oxygen atoms in total. The standard InChI is InChI=1S/C20H15ClFN3O3/c21-13-4-3-5-14(10-13)25-20(27)19(26)24-12-16-9-8-15(28-16)11-23-18-7-2-1-6-17(18)22/h1-11H,12H2,(H,24,26)(H,25,27). The van der Waals surface area contributed by atoms with Gasteiger partial charge in [-0.2, -0.15) is 0 Å². The Morgan fingerprint density at radius 2 is 1.89 bits per heavy atom. The van der Waals surface area contributed by atoms with Gasteiger partial charge in [0, 0.05) is 10.7 Å². The number of carbonyl (C=O) groups excluding carboxylic acids is 2. The number of rotatable bonds is 5. The minimum atomic E-state index is -0.824. The van der Waals surface area contributed by atoms with Gasteiger partial charge >= 0.3 is 11.8 Å². The van der Waals surface area contributed by atoms with E-state index >= 15 is 0 Å². The molecule has 28 heavy (non-hydrogen) atoms. The first-order chi connectivity index (χ1) is 13.5. The van der Waals surface area contributed by atoms with Crippen LogP contribution in [0, 0.1) is 5.82 Å². The fraction of sp³-hybridized carbons (Fsp3) is 0.0500. The number of aliphatic imine (C=N–C) groups is 1. The summed E-state index contributed by atoms with van der Waals surface area (Å²) >= 11 is 5.83. The molecule has 0 saturated carbocycles. The third-order valence-electron chi connectivity index (χ3n) is 3.58. The predicted octanol–water partition coefficient (Wildman–Crippen LogP) is 4.08. The van der Waals surface area contributed by atoms with E-state index in [0.29, 0.717) is 22.2 Å². The fourth-order valence-corrected chi connectivity index (χ4v) is 2.44. The van der Waals surface area contributed by atoms with Crippen molar-refractivity contribution in [2.75, 3.05) is 5.32 Å². The van der Waals surface area contributed by atoms with Crippen LogP contribution in [0.1, 0.15) is 11.5 Å². The molecule has 2 amide bonds. The molecule has 0 saturated heterocycles. The van der Waals surface area contributed by atoms with Crippen LogP contribution in [0.2, 0.25) is 5.02 Å². The molecule has 1 heterocycles. The zero-order valence-corrected chi connectivity index (χ0v) is 15.2. The molecule has 0 atom stereocenters.